The third kappa shape index (κ3) is 3.89. The summed E-state index contributed by atoms with van der Waals surface area (Å²) in [6.45, 7) is 0. The van der Waals surface area contributed by atoms with E-state index in [9.17, 15) is 19.7 Å². The average molecular weight is 505 g/mol. The molecule has 0 aromatic heterocycles. The smallest absolute Gasteiger partial charge is 0.269 e. The zero-order chi connectivity index (χ0) is 26.3. The van der Waals surface area contributed by atoms with E-state index in [0.717, 1.165) is 4.90 Å². The molecule has 3 aromatic carbocycles. The summed E-state index contributed by atoms with van der Waals surface area (Å²) in [4.78, 5) is 44.9. The van der Waals surface area contributed by atoms with E-state index in [0.29, 0.717) is 28.5 Å². The zero-order valence-corrected chi connectivity index (χ0v) is 20.2. The fraction of sp³-hybridized carbons (Fsp3) is 0.231. The first-order valence-corrected chi connectivity index (χ1v) is 11.3. The van der Waals surface area contributed by atoms with Crippen molar-refractivity contribution in [2.75, 3.05) is 31.3 Å². The van der Waals surface area contributed by atoms with Crippen molar-refractivity contribution in [3.63, 3.8) is 0 Å². The SMILES string of the molecule is COc1cc([C@@H]2[C@@H]3C(=O)N(c4ccc([N+](=O)[O-])cc4)C(=O)[C@H]3ON2c2ccccc2)cc(OC)c1OC. The number of nitrogens with zero attached hydrogens (tertiary/aromatic N) is 3. The molecule has 2 heterocycles. The third-order valence-corrected chi connectivity index (χ3v) is 6.47. The summed E-state index contributed by atoms with van der Waals surface area (Å²) in [5.74, 6) is -0.794. The van der Waals surface area contributed by atoms with Crippen molar-refractivity contribution in [1.29, 1.82) is 0 Å². The van der Waals surface area contributed by atoms with Crippen LogP contribution in [0.3, 0.4) is 0 Å². The number of hydroxylamine groups is 1. The van der Waals surface area contributed by atoms with Crippen LogP contribution in [-0.2, 0) is 14.4 Å². The average Bonchev–Trinajstić information content (AvgIpc) is 3.43. The molecule has 11 nitrogen and oxygen atoms in total. The minimum atomic E-state index is -1.10. The van der Waals surface area contributed by atoms with E-state index >= 15 is 0 Å². The van der Waals surface area contributed by atoms with Crippen LogP contribution >= 0.6 is 0 Å². The number of benzene rings is 3. The van der Waals surface area contributed by atoms with Crippen LogP contribution in [0.2, 0.25) is 0 Å². The minimum Gasteiger partial charge on any atom is -0.493 e. The Balaban J connectivity index is 1.61. The molecule has 5 rings (SSSR count). The van der Waals surface area contributed by atoms with E-state index in [4.69, 9.17) is 19.0 Å². The maximum Gasteiger partial charge on any atom is 0.269 e. The molecule has 0 unspecified atom stereocenters. The van der Waals surface area contributed by atoms with Crippen LogP contribution in [0.25, 0.3) is 0 Å². The molecule has 0 spiro atoms. The van der Waals surface area contributed by atoms with E-state index in [2.05, 4.69) is 0 Å². The van der Waals surface area contributed by atoms with Gasteiger partial charge in [-0.2, -0.15) is 0 Å². The monoisotopic (exact) mass is 505 g/mol. The number of imide groups is 1. The Morgan fingerprint density at radius 2 is 1.46 bits per heavy atom. The Bertz CT molecular complexity index is 1340. The maximum absolute atomic E-state index is 13.8. The topological polar surface area (TPSA) is 121 Å². The summed E-state index contributed by atoms with van der Waals surface area (Å²) in [7, 11) is 4.47. The summed E-state index contributed by atoms with van der Waals surface area (Å²) in [6, 6.07) is 17.1. The number of para-hydroxylation sites is 1. The number of amides is 2. The van der Waals surface area contributed by atoms with Crippen LogP contribution in [0.15, 0.2) is 66.7 Å². The van der Waals surface area contributed by atoms with E-state index in [-0.39, 0.29) is 11.4 Å². The van der Waals surface area contributed by atoms with Crippen molar-refractivity contribution in [3.05, 3.63) is 82.4 Å². The molecule has 37 heavy (non-hydrogen) atoms. The van der Waals surface area contributed by atoms with Crippen molar-refractivity contribution in [3.8, 4) is 17.2 Å². The molecule has 0 N–H and O–H groups in total. The fourth-order valence-electron chi connectivity index (χ4n) is 4.80. The van der Waals surface area contributed by atoms with Crippen molar-refractivity contribution in [1.82, 2.24) is 0 Å². The second-order valence-electron chi connectivity index (χ2n) is 8.40. The largest absolute Gasteiger partial charge is 0.493 e. The second-order valence-corrected chi connectivity index (χ2v) is 8.40. The maximum atomic E-state index is 13.8. The second kappa shape index (κ2) is 9.43. The highest BCUT2D eigenvalue weighted by molar-refractivity contribution is 6.24. The predicted molar refractivity (Wildman–Crippen MR) is 132 cm³/mol. The highest BCUT2D eigenvalue weighted by atomic mass is 16.7. The lowest BCUT2D eigenvalue weighted by molar-refractivity contribution is -0.384. The Morgan fingerprint density at radius 3 is 2.00 bits per heavy atom. The van der Waals surface area contributed by atoms with Crippen LogP contribution < -0.4 is 24.2 Å². The van der Waals surface area contributed by atoms with Gasteiger partial charge in [0.25, 0.3) is 11.6 Å². The van der Waals surface area contributed by atoms with E-state index in [1.165, 1.54) is 45.6 Å². The molecule has 11 heteroatoms. The van der Waals surface area contributed by atoms with Gasteiger partial charge in [-0.25, -0.2) is 9.96 Å². The van der Waals surface area contributed by atoms with Gasteiger partial charge in [0, 0.05) is 12.1 Å². The van der Waals surface area contributed by atoms with Gasteiger partial charge in [0.2, 0.25) is 11.7 Å². The first kappa shape index (κ1) is 24.1. The van der Waals surface area contributed by atoms with Crippen LogP contribution in [-0.4, -0.2) is 44.2 Å². The number of carbonyl (C=O) groups is 2. The summed E-state index contributed by atoms with van der Waals surface area (Å²) >= 11 is 0. The predicted octanol–water partition coefficient (Wildman–Crippen LogP) is 3.67. The summed E-state index contributed by atoms with van der Waals surface area (Å²) in [5, 5.41) is 12.6. The van der Waals surface area contributed by atoms with Gasteiger partial charge in [-0.05, 0) is 42.0 Å². The molecule has 2 fully saturated rings. The Labute approximate surface area is 211 Å². The number of methoxy groups -OCH3 is 3. The number of carbonyl (C=O) groups excluding carboxylic acids is 2. The lowest BCUT2D eigenvalue weighted by Gasteiger charge is -2.29. The number of hydrogen-bond donors (Lipinski definition) is 0. The standard InChI is InChI=1S/C26H23N3O8/c1-34-19-13-15(14-20(35-2)23(19)36-3)22-21-24(37-28(22)17-7-5-4-6-8-17)26(31)27(25(21)30)16-9-11-18(12-10-16)29(32)33/h4-14,21-22,24H,1-3H3/t21-,22+,24-/m0/s1. The molecule has 190 valence electrons. The number of non-ortho nitro benzene ring substituents is 1. The number of nitro groups is 1. The lowest BCUT2D eigenvalue weighted by atomic mass is 9.90. The zero-order valence-electron chi connectivity index (χ0n) is 20.2. The van der Waals surface area contributed by atoms with Gasteiger partial charge in [-0.3, -0.25) is 24.5 Å². The van der Waals surface area contributed by atoms with E-state index in [1.807, 2.05) is 30.3 Å². The van der Waals surface area contributed by atoms with Gasteiger partial charge >= 0.3 is 0 Å². The molecule has 2 amide bonds. The quantitative estimate of drug-likeness (QED) is 0.269. The Morgan fingerprint density at radius 1 is 0.838 bits per heavy atom. The first-order valence-electron chi connectivity index (χ1n) is 11.3. The molecular formula is C26H23N3O8. The van der Waals surface area contributed by atoms with Crippen LogP contribution in [0.4, 0.5) is 17.1 Å². The van der Waals surface area contributed by atoms with Gasteiger partial charge in [0.05, 0.1) is 43.7 Å². The molecular weight excluding hydrogens is 482 g/mol. The van der Waals surface area contributed by atoms with Crippen LogP contribution in [0, 0.1) is 16.0 Å². The van der Waals surface area contributed by atoms with E-state index < -0.39 is 34.8 Å². The Kier molecular flexibility index (Phi) is 6.14. The number of nitro benzene ring substituents is 1. The molecule has 3 aromatic rings. The number of ether oxygens (including phenoxy) is 3. The Hall–Kier alpha value is -4.64. The highest BCUT2D eigenvalue weighted by Gasteiger charge is 2.60. The molecule has 0 bridgehead atoms. The number of rotatable bonds is 7. The minimum absolute atomic E-state index is 0.148. The van der Waals surface area contributed by atoms with Crippen molar-refractivity contribution in [2.45, 2.75) is 12.1 Å². The van der Waals surface area contributed by atoms with Gasteiger partial charge in [-0.1, -0.05) is 18.2 Å². The highest BCUT2D eigenvalue weighted by Crippen LogP contribution is 2.50. The van der Waals surface area contributed by atoms with Crippen molar-refractivity contribution >= 4 is 28.9 Å². The lowest BCUT2D eigenvalue weighted by Crippen LogP contribution is -2.37. The summed E-state index contributed by atoms with van der Waals surface area (Å²) < 4.78 is 16.5. The fourth-order valence-corrected chi connectivity index (χ4v) is 4.80. The molecule has 0 aliphatic carbocycles. The number of hydrogen-bond acceptors (Lipinski definition) is 9. The van der Waals surface area contributed by atoms with E-state index in [1.54, 1.807) is 17.2 Å². The van der Waals surface area contributed by atoms with Gasteiger partial charge in [-0.15, -0.1) is 0 Å². The molecule has 2 saturated heterocycles. The molecule has 2 aliphatic heterocycles. The van der Waals surface area contributed by atoms with Gasteiger partial charge < -0.3 is 14.2 Å². The number of fused-ring (bicyclic) bond motifs is 1. The number of anilines is 2. The summed E-state index contributed by atoms with van der Waals surface area (Å²) in [6.07, 6.45) is -1.10. The van der Waals surface area contributed by atoms with Gasteiger partial charge in [0.1, 0.15) is 5.92 Å². The van der Waals surface area contributed by atoms with Crippen LogP contribution in [0.1, 0.15) is 11.6 Å². The van der Waals surface area contributed by atoms with Crippen molar-refractivity contribution < 1.29 is 33.6 Å². The van der Waals surface area contributed by atoms with Crippen molar-refractivity contribution in [2.24, 2.45) is 5.92 Å². The first-order chi connectivity index (χ1) is 17.9. The summed E-state index contributed by atoms with van der Waals surface area (Å²) in [5.41, 5.74) is 1.34. The van der Waals surface area contributed by atoms with Gasteiger partial charge in [0.15, 0.2) is 17.6 Å². The van der Waals surface area contributed by atoms with Crippen LogP contribution in [0.5, 0.6) is 17.2 Å². The molecule has 2 aliphatic rings. The normalized spacial score (nSPS) is 20.7. The third-order valence-electron chi connectivity index (χ3n) is 6.47. The molecule has 3 atom stereocenters. The molecule has 0 radical (unpaired) electrons. The molecule has 0 saturated carbocycles.